The zero-order valence-electron chi connectivity index (χ0n) is 15.8. The third-order valence-corrected chi connectivity index (χ3v) is 5.60. The molecule has 0 bridgehead atoms. The summed E-state index contributed by atoms with van der Waals surface area (Å²) < 4.78 is 1.93. The zero-order valence-corrected chi connectivity index (χ0v) is 15.8. The smallest absolute Gasteiger partial charge is 0.193 e. The second kappa shape index (κ2) is 7.52. The Morgan fingerprint density at radius 1 is 1.23 bits per heavy atom. The number of nitrogens with one attached hydrogen (secondary N) is 1. The average molecular weight is 351 g/mol. The molecule has 1 heterocycles. The first-order valence-electron chi connectivity index (χ1n) is 9.75. The summed E-state index contributed by atoms with van der Waals surface area (Å²) in [5.74, 6) is 3.75. The topological polar surface area (TPSA) is 45.5 Å². The number of aromatic nitrogens is 2. The number of benzene rings is 1. The van der Waals surface area contributed by atoms with Crippen LogP contribution in [0.5, 0.6) is 0 Å². The molecule has 138 valence electrons. The van der Waals surface area contributed by atoms with E-state index in [1.165, 1.54) is 31.2 Å². The quantitative estimate of drug-likeness (QED) is 0.615. The molecule has 1 aromatic carbocycles. The van der Waals surface area contributed by atoms with E-state index < -0.39 is 0 Å². The highest BCUT2D eigenvalue weighted by atomic mass is 15.3. The standard InChI is InChI=1S/C21H29N5/c1-22-21(23-13-20(17-8-9-17)18-10-11-18)25(2)14-16-12-24-26(15-16)19-6-4-3-5-7-19/h3-7,12,15,17-18,20H,8-11,13-14H2,1-2H3,(H,22,23). The van der Waals surface area contributed by atoms with Crippen LogP contribution in [0, 0.1) is 17.8 Å². The number of hydrogen-bond acceptors (Lipinski definition) is 2. The van der Waals surface area contributed by atoms with Crippen molar-refractivity contribution in [2.45, 2.75) is 32.2 Å². The predicted octanol–water partition coefficient (Wildman–Crippen LogP) is 3.32. The minimum absolute atomic E-state index is 0.796. The van der Waals surface area contributed by atoms with Gasteiger partial charge in [-0.2, -0.15) is 5.10 Å². The van der Waals surface area contributed by atoms with Crippen molar-refractivity contribution in [1.29, 1.82) is 0 Å². The van der Waals surface area contributed by atoms with Gasteiger partial charge in [-0.3, -0.25) is 4.99 Å². The van der Waals surface area contributed by atoms with Gasteiger partial charge >= 0.3 is 0 Å². The number of guanidine groups is 1. The summed E-state index contributed by atoms with van der Waals surface area (Å²) >= 11 is 0. The minimum Gasteiger partial charge on any atom is -0.356 e. The highest BCUT2D eigenvalue weighted by Crippen LogP contribution is 2.48. The maximum Gasteiger partial charge on any atom is 0.193 e. The molecule has 0 atom stereocenters. The van der Waals surface area contributed by atoms with E-state index >= 15 is 0 Å². The van der Waals surface area contributed by atoms with Crippen molar-refractivity contribution < 1.29 is 0 Å². The Labute approximate surface area is 156 Å². The van der Waals surface area contributed by atoms with E-state index in [0.29, 0.717) is 0 Å². The van der Waals surface area contributed by atoms with Gasteiger partial charge in [-0.1, -0.05) is 18.2 Å². The zero-order chi connectivity index (χ0) is 17.9. The van der Waals surface area contributed by atoms with E-state index in [1.807, 2.05) is 36.1 Å². The van der Waals surface area contributed by atoms with Crippen molar-refractivity contribution >= 4 is 5.96 Å². The number of hydrogen-bond donors (Lipinski definition) is 1. The summed E-state index contributed by atoms with van der Waals surface area (Å²) in [6.45, 7) is 1.86. The molecule has 0 amide bonds. The van der Waals surface area contributed by atoms with E-state index in [9.17, 15) is 0 Å². The van der Waals surface area contributed by atoms with E-state index in [1.54, 1.807) is 0 Å². The fourth-order valence-electron chi connectivity index (χ4n) is 3.87. The van der Waals surface area contributed by atoms with Crippen molar-refractivity contribution in [2.75, 3.05) is 20.6 Å². The second-order valence-corrected chi connectivity index (χ2v) is 7.75. The Hall–Kier alpha value is -2.30. The normalized spacial score (nSPS) is 17.6. The maximum absolute atomic E-state index is 4.49. The second-order valence-electron chi connectivity index (χ2n) is 7.75. The van der Waals surface area contributed by atoms with Gasteiger partial charge in [0.2, 0.25) is 0 Å². The number of para-hydroxylation sites is 1. The number of rotatable bonds is 7. The summed E-state index contributed by atoms with van der Waals surface area (Å²) in [4.78, 5) is 6.67. The fourth-order valence-corrected chi connectivity index (χ4v) is 3.87. The van der Waals surface area contributed by atoms with Gasteiger partial charge in [0.15, 0.2) is 5.96 Å². The Morgan fingerprint density at radius 3 is 2.54 bits per heavy atom. The molecule has 2 fully saturated rings. The molecule has 0 unspecified atom stereocenters. The van der Waals surface area contributed by atoms with Gasteiger partial charge in [-0.25, -0.2) is 4.68 Å². The lowest BCUT2D eigenvalue weighted by Gasteiger charge is -2.24. The number of aliphatic imine (C=N–C) groups is 1. The summed E-state index contributed by atoms with van der Waals surface area (Å²) in [6, 6.07) is 10.2. The van der Waals surface area contributed by atoms with Crippen molar-refractivity contribution in [2.24, 2.45) is 22.7 Å². The van der Waals surface area contributed by atoms with Crippen molar-refractivity contribution in [3.8, 4) is 5.69 Å². The van der Waals surface area contributed by atoms with Gasteiger partial charge in [0.1, 0.15) is 0 Å². The van der Waals surface area contributed by atoms with Crippen molar-refractivity contribution in [1.82, 2.24) is 20.0 Å². The van der Waals surface area contributed by atoms with E-state index in [4.69, 9.17) is 0 Å². The van der Waals surface area contributed by atoms with Gasteiger partial charge in [0, 0.05) is 38.9 Å². The summed E-state index contributed by atoms with van der Waals surface area (Å²) in [5.41, 5.74) is 2.26. The molecule has 4 rings (SSSR count). The Balaban J connectivity index is 1.34. The van der Waals surface area contributed by atoms with Crippen LogP contribution in [-0.4, -0.2) is 41.3 Å². The van der Waals surface area contributed by atoms with Crippen molar-refractivity contribution in [3.63, 3.8) is 0 Å². The first kappa shape index (κ1) is 17.1. The summed E-state index contributed by atoms with van der Waals surface area (Å²) in [7, 11) is 3.97. The molecule has 1 aromatic heterocycles. The van der Waals surface area contributed by atoms with Gasteiger partial charge in [0.05, 0.1) is 11.9 Å². The SMILES string of the molecule is CN=C(NCC(C1CC1)C1CC1)N(C)Cc1cnn(-c2ccccc2)c1. The fraction of sp³-hybridized carbons (Fsp3) is 0.524. The maximum atomic E-state index is 4.49. The van der Waals surface area contributed by atoms with Gasteiger partial charge in [-0.15, -0.1) is 0 Å². The van der Waals surface area contributed by atoms with E-state index in [-0.39, 0.29) is 0 Å². The van der Waals surface area contributed by atoms with Crippen LogP contribution in [-0.2, 0) is 6.54 Å². The molecule has 1 N–H and O–H groups in total. The lowest BCUT2D eigenvalue weighted by Crippen LogP contribution is -2.41. The summed E-state index contributed by atoms with van der Waals surface area (Å²) in [5, 5.41) is 8.11. The Bertz CT molecular complexity index is 731. The molecule has 2 aliphatic carbocycles. The van der Waals surface area contributed by atoms with Gasteiger partial charge < -0.3 is 10.2 Å². The molecular formula is C21H29N5. The first-order chi connectivity index (χ1) is 12.7. The molecule has 2 aromatic rings. The Morgan fingerprint density at radius 2 is 1.92 bits per heavy atom. The van der Waals surface area contributed by atoms with Crippen LogP contribution < -0.4 is 5.32 Å². The largest absolute Gasteiger partial charge is 0.356 e. The minimum atomic E-state index is 0.796. The molecule has 0 saturated heterocycles. The lowest BCUT2D eigenvalue weighted by molar-refractivity contribution is 0.387. The average Bonchev–Trinajstić information content (AvgIpc) is 3.59. The third kappa shape index (κ3) is 4.09. The first-order valence-corrected chi connectivity index (χ1v) is 9.75. The van der Waals surface area contributed by atoms with Crippen LogP contribution in [0.4, 0.5) is 0 Å². The van der Waals surface area contributed by atoms with Crippen LogP contribution in [0.2, 0.25) is 0 Å². The molecule has 0 spiro atoms. The Kier molecular flexibility index (Phi) is 4.96. The van der Waals surface area contributed by atoms with Crippen LogP contribution in [0.3, 0.4) is 0 Å². The predicted molar refractivity (Wildman–Crippen MR) is 105 cm³/mol. The molecule has 26 heavy (non-hydrogen) atoms. The van der Waals surface area contributed by atoms with Crippen LogP contribution in [0.25, 0.3) is 5.69 Å². The molecule has 5 heteroatoms. The van der Waals surface area contributed by atoms with Crippen LogP contribution in [0.1, 0.15) is 31.2 Å². The lowest BCUT2D eigenvalue weighted by atomic mass is 9.98. The monoisotopic (exact) mass is 351 g/mol. The van der Waals surface area contributed by atoms with Crippen LogP contribution >= 0.6 is 0 Å². The molecule has 0 radical (unpaired) electrons. The highest BCUT2D eigenvalue weighted by molar-refractivity contribution is 5.79. The van der Waals surface area contributed by atoms with Crippen LogP contribution in [0.15, 0.2) is 47.7 Å². The molecule has 2 aliphatic rings. The van der Waals surface area contributed by atoms with E-state index in [2.05, 4.69) is 45.7 Å². The third-order valence-electron chi connectivity index (χ3n) is 5.60. The number of nitrogens with zero attached hydrogens (tertiary/aromatic N) is 4. The van der Waals surface area contributed by atoms with Crippen molar-refractivity contribution in [3.05, 3.63) is 48.3 Å². The molecule has 2 saturated carbocycles. The summed E-state index contributed by atoms with van der Waals surface area (Å²) in [6.07, 6.45) is 9.74. The molecular weight excluding hydrogens is 322 g/mol. The molecule has 5 nitrogen and oxygen atoms in total. The van der Waals surface area contributed by atoms with Gasteiger partial charge in [0.25, 0.3) is 0 Å². The highest BCUT2D eigenvalue weighted by Gasteiger charge is 2.41. The molecule has 0 aliphatic heterocycles. The van der Waals surface area contributed by atoms with E-state index in [0.717, 1.165) is 42.5 Å². The van der Waals surface area contributed by atoms with Gasteiger partial charge in [-0.05, 0) is 55.6 Å².